The van der Waals surface area contributed by atoms with E-state index in [0.29, 0.717) is 23.9 Å². The number of thiocarbonyl (C=S) groups is 1. The van der Waals surface area contributed by atoms with Gasteiger partial charge in [-0.2, -0.15) is 11.8 Å². The summed E-state index contributed by atoms with van der Waals surface area (Å²) in [6, 6.07) is 0.168. The van der Waals surface area contributed by atoms with Crippen molar-refractivity contribution < 1.29 is 4.79 Å². The van der Waals surface area contributed by atoms with Crippen LogP contribution in [0, 0.1) is 5.92 Å². The van der Waals surface area contributed by atoms with Crippen LogP contribution < -0.4 is 5.73 Å². The van der Waals surface area contributed by atoms with E-state index in [1.807, 2.05) is 25.6 Å². The summed E-state index contributed by atoms with van der Waals surface area (Å²) in [5, 5.41) is 0. The molecule has 0 unspecified atom stereocenters. The van der Waals surface area contributed by atoms with Crippen molar-refractivity contribution >= 4 is 34.9 Å². The lowest BCUT2D eigenvalue weighted by Crippen LogP contribution is -2.43. The molecule has 1 aliphatic heterocycles. The normalized spacial score (nSPS) is 17.1. The van der Waals surface area contributed by atoms with E-state index in [1.54, 1.807) is 4.90 Å². The van der Waals surface area contributed by atoms with Crippen LogP contribution in [-0.2, 0) is 4.79 Å². The quantitative estimate of drug-likeness (QED) is 0.779. The van der Waals surface area contributed by atoms with Gasteiger partial charge >= 0.3 is 0 Å². The van der Waals surface area contributed by atoms with E-state index in [4.69, 9.17) is 18.0 Å². The minimum absolute atomic E-state index is 0.168. The molecule has 1 rings (SSSR count). The molecule has 0 bridgehead atoms. The number of carbonyl (C=O) groups excluding carboxylic acids is 1. The molecule has 1 saturated heterocycles. The monoisotopic (exact) mass is 274 g/mol. The maximum absolute atomic E-state index is 12.2. The van der Waals surface area contributed by atoms with Crippen LogP contribution >= 0.6 is 24.0 Å². The van der Waals surface area contributed by atoms with Crippen molar-refractivity contribution in [2.45, 2.75) is 39.2 Å². The molecule has 5 heteroatoms. The summed E-state index contributed by atoms with van der Waals surface area (Å²) in [7, 11) is 0. The smallest absolute Gasteiger partial charge is 0.223 e. The maximum Gasteiger partial charge on any atom is 0.223 e. The number of rotatable bonds is 5. The molecule has 0 aromatic rings. The Labute approximate surface area is 113 Å². The molecule has 0 radical (unpaired) electrons. The van der Waals surface area contributed by atoms with Crippen molar-refractivity contribution in [3.8, 4) is 0 Å². The summed E-state index contributed by atoms with van der Waals surface area (Å²) in [6.45, 7) is 4.42. The lowest BCUT2D eigenvalue weighted by Gasteiger charge is -2.29. The van der Waals surface area contributed by atoms with Gasteiger partial charge in [0, 0.05) is 12.5 Å². The highest BCUT2D eigenvalue weighted by molar-refractivity contribution is 7.99. The molecule has 17 heavy (non-hydrogen) atoms. The fourth-order valence-corrected chi connectivity index (χ4v) is 3.38. The van der Waals surface area contributed by atoms with Gasteiger partial charge in [0.05, 0.1) is 11.5 Å². The Balaban J connectivity index is 2.49. The van der Waals surface area contributed by atoms with E-state index in [9.17, 15) is 4.79 Å². The van der Waals surface area contributed by atoms with E-state index in [2.05, 4.69) is 0 Å². The number of hydrogen-bond donors (Lipinski definition) is 1. The average molecular weight is 274 g/mol. The van der Waals surface area contributed by atoms with Gasteiger partial charge in [-0.3, -0.25) is 4.79 Å². The molecule has 1 fully saturated rings. The standard InChI is InChI=1S/C12H22N2OS2/c1-9(2)14(8-11(13)16)12(15)7-10-3-5-17-6-4-10/h9-10H,3-8H2,1-2H3,(H2,13,16). The second kappa shape index (κ2) is 7.21. The van der Waals surface area contributed by atoms with Gasteiger partial charge in [0.25, 0.3) is 0 Å². The Kier molecular flexibility index (Phi) is 6.27. The van der Waals surface area contributed by atoms with Crippen molar-refractivity contribution in [2.24, 2.45) is 11.7 Å². The number of nitrogens with zero attached hydrogens (tertiary/aromatic N) is 1. The molecule has 0 spiro atoms. The van der Waals surface area contributed by atoms with Crippen molar-refractivity contribution in [1.82, 2.24) is 4.90 Å². The third kappa shape index (κ3) is 5.25. The molecular weight excluding hydrogens is 252 g/mol. The van der Waals surface area contributed by atoms with Crippen LogP contribution in [0.3, 0.4) is 0 Å². The molecule has 0 aromatic carbocycles. The number of amides is 1. The zero-order valence-corrected chi connectivity index (χ0v) is 12.3. The van der Waals surface area contributed by atoms with E-state index in [1.165, 1.54) is 11.5 Å². The fraction of sp³-hybridized carbons (Fsp3) is 0.833. The Morgan fingerprint density at radius 1 is 1.47 bits per heavy atom. The van der Waals surface area contributed by atoms with Crippen molar-refractivity contribution in [2.75, 3.05) is 18.1 Å². The van der Waals surface area contributed by atoms with Crippen LogP contribution in [0.1, 0.15) is 33.1 Å². The minimum Gasteiger partial charge on any atom is -0.392 e. The lowest BCUT2D eigenvalue weighted by atomic mass is 9.98. The van der Waals surface area contributed by atoms with Crippen LogP contribution in [0.25, 0.3) is 0 Å². The summed E-state index contributed by atoms with van der Waals surface area (Å²) < 4.78 is 0. The zero-order valence-electron chi connectivity index (χ0n) is 10.6. The highest BCUT2D eigenvalue weighted by Gasteiger charge is 2.23. The van der Waals surface area contributed by atoms with Crippen molar-refractivity contribution in [3.05, 3.63) is 0 Å². The topological polar surface area (TPSA) is 46.3 Å². The van der Waals surface area contributed by atoms with Gasteiger partial charge in [-0.25, -0.2) is 0 Å². The van der Waals surface area contributed by atoms with E-state index < -0.39 is 0 Å². The first-order valence-electron chi connectivity index (χ1n) is 6.16. The van der Waals surface area contributed by atoms with Crippen molar-refractivity contribution in [3.63, 3.8) is 0 Å². The van der Waals surface area contributed by atoms with Crippen LogP contribution in [0.5, 0.6) is 0 Å². The number of hydrogen-bond acceptors (Lipinski definition) is 3. The molecule has 98 valence electrons. The third-order valence-corrected chi connectivity index (χ3v) is 4.25. The van der Waals surface area contributed by atoms with Gasteiger partial charge in [0.15, 0.2) is 0 Å². The summed E-state index contributed by atoms with van der Waals surface area (Å²) in [4.78, 5) is 14.4. The highest BCUT2D eigenvalue weighted by atomic mass is 32.2. The summed E-state index contributed by atoms with van der Waals surface area (Å²) >= 11 is 6.88. The Hall–Kier alpha value is -0.290. The summed E-state index contributed by atoms with van der Waals surface area (Å²) in [6.07, 6.45) is 2.98. The van der Waals surface area contributed by atoms with Gasteiger partial charge in [-0.05, 0) is 44.1 Å². The molecule has 0 saturated carbocycles. The van der Waals surface area contributed by atoms with Gasteiger partial charge < -0.3 is 10.6 Å². The van der Waals surface area contributed by atoms with Gasteiger partial charge in [0.2, 0.25) is 5.91 Å². The molecule has 2 N–H and O–H groups in total. The van der Waals surface area contributed by atoms with Crippen LogP contribution in [0.15, 0.2) is 0 Å². The first kappa shape index (κ1) is 14.8. The van der Waals surface area contributed by atoms with Gasteiger partial charge in [0.1, 0.15) is 0 Å². The first-order chi connectivity index (χ1) is 8.00. The predicted molar refractivity (Wildman–Crippen MR) is 78.3 cm³/mol. The molecule has 0 aromatic heterocycles. The second-order valence-corrected chi connectivity index (χ2v) is 6.59. The van der Waals surface area contributed by atoms with Crippen LogP contribution in [0.4, 0.5) is 0 Å². The maximum atomic E-state index is 12.2. The molecule has 1 heterocycles. The minimum atomic E-state index is 0.168. The summed E-state index contributed by atoms with van der Waals surface area (Å²) in [5.74, 6) is 3.13. The molecule has 0 atom stereocenters. The highest BCUT2D eigenvalue weighted by Crippen LogP contribution is 2.26. The van der Waals surface area contributed by atoms with E-state index >= 15 is 0 Å². The molecule has 1 amide bonds. The lowest BCUT2D eigenvalue weighted by molar-refractivity contribution is -0.133. The van der Waals surface area contributed by atoms with Crippen molar-refractivity contribution in [1.29, 1.82) is 0 Å². The molecular formula is C12H22N2OS2. The Morgan fingerprint density at radius 3 is 2.53 bits per heavy atom. The number of thioether (sulfide) groups is 1. The fourth-order valence-electron chi connectivity index (χ4n) is 2.04. The Bertz CT molecular complexity index is 276. The van der Waals surface area contributed by atoms with Crippen LogP contribution in [-0.4, -0.2) is 39.9 Å². The third-order valence-electron chi connectivity index (χ3n) is 3.07. The van der Waals surface area contributed by atoms with Crippen LogP contribution in [0.2, 0.25) is 0 Å². The molecule has 0 aliphatic carbocycles. The summed E-state index contributed by atoms with van der Waals surface area (Å²) in [5.41, 5.74) is 5.54. The van der Waals surface area contributed by atoms with E-state index in [-0.39, 0.29) is 11.9 Å². The predicted octanol–water partition coefficient (Wildman–Crippen LogP) is 2.04. The zero-order chi connectivity index (χ0) is 12.8. The van der Waals surface area contributed by atoms with E-state index in [0.717, 1.165) is 12.8 Å². The number of nitrogens with two attached hydrogens (primary N) is 1. The van der Waals surface area contributed by atoms with Gasteiger partial charge in [-0.15, -0.1) is 0 Å². The number of carbonyl (C=O) groups is 1. The second-order valence-electron chi connectivity index (χ2n) is 4.84. The average Bonchev–Trinajstić information content (AvgIpc) is 2.26. The Morgan fingerprint density at radius 2 is 2.06 bits per heavy atom. The SMILES string of the molecule is CC(C)N(CC(N)=S)C(=O)CC1CCSCC1. The first-order valence-corrected chi connectivity index (χ1v) is 7.72. The molecule has 3 nitrogen and oxygen atoms in total. The van der Waals surface area contributed by atoms with Gasteiger partial charge in [-0.1, -0.05) is 12.2 Å². The molecule has 1 aliphatic rings. The largest absolute Gasteiger partial charge is 0.392 e.